The number of carbonyl (C=O) groups excluding carboxylic acids is 1. The first-order valence-electron chi connectivity index (χ1n) is 9.85. The Morgan fingerprint density at radius 1 is 1.08 bits per heavy atom. The number of amides is 2. The van der Waals surface area contributed by atoms with Gasteiger partial charge in [0.15, 0.2) is 0 Å². The number of urea groups is 1. The summed E-state index contributed by atoms with van der Waals surface area (Å²) in [6.45, 7) is 6.12. The van der Waals surface area contributed by atoms with E-state index in [0.29, 0.717) is 12.6 Å². The molecule has 25 heavy (non-hydrogen) atoms. The van der Waals surface area contributed by atoms with Crippen LogP contribution in [-0.2, 0) is 13.0 Å². The molecule has 1 unspecified atom stereocenters. The van der Waals surface area contributed by atoms with Crippen LogP contribution < -0.4 is 16.0 Å². The monoisotopic (exact) mass is 344 g/mol. The summed E-state index contributed by atoms with van der Waals surface area (Å²) in [4.78, 5) is 14.5. The average Bonchev–Trinajstić information content (AvgIpc) is 3.16. The molecule has 5 heteroatoms. The Morgan fingerprint density at radius 2 is 1.88 bits per heavy atom. The van der Waals surface area contributed by atoms with Gasteiger partial charge < -0.3 is 20.9 Å². The molecule has 0 bridgehead atoms. The predicted octanol–water partition coefficient (Wildman–Crippen LogP) is 2.27. The molecule has 2 amide bonds. The minimum atomic E-state index is -0.0415. The van der Waals surface area contributed by atoms with E-state index in [1.54, 1.807) is 0 Å². The van der Waals surface area contributed by atoms with Crippen LogP contribution in [0.25, 0.3) is 0 Å². The van der Waals surface area contributed by atoms with Gasteiger partial charge in [0.25, 0.3) is 0 Å². The fourth-order valence-corrected chi connectivity index (χ4v) is 3.79. The van der Waals surface area contributed by atoms with Gasteiger partial charge in [0.1, 0.15) is 0 Å². The van der Waals surface area contributed by atoms with E-state index in [-0.39, 0.29) is 6.03 Å². The number of nitrogens with zero attached hydrogens (tertiary/aromatic N) is 1. The van der Waals surface area contributed by atoms with Crippen molar-refractivity contribution in [1.29, 1.82) is 0 Å². The summed E-state index contributed by atoms with van der Waals surface area (Å²) < 4.78 is 0. The molecule has 2 aliphatic heterocycles. The lowest BCUT2D eigenvalue weighted by Crippen LogP contribution is -2.47. The van der Waals surface area contributed by atoms with E-state index in [1.165, 1.54) is 56.4 Å². The highest BCUT2D eigenvalue weighted by Gasteiger charge is 2.17. The Morgan fingerprint density at radius 3 is 2.72 bits per heavy atom. The maximum absolute atomic E-state index is 11.9. The quantitative estimate of drug-likeness (QED) is 0.634. The van der Waals surface area contributed by atoms with E-state index in [4.69, 9.17) is 0 Å². The van der Waals surface area contributed by atoms with Crippen LogP contribution in [0.1, 0.15) is 43.2 Å². The summed E-state index contributed by atoms with van der Waals surface area (Å²) in [5.74, 6) is 0. The van der Waals surface area contributed by atoms with E-state index in [9.17, 15) is 4.79 Å². The zero-order valence-electron chi connectivity index (χ0n) is 15.2. The Balaban J connectivity index is 1.21. The number of hydrogen-bond acceptors (Lipinski definition) is 3. The molecule has 1 atom stereocenters. The van der Waals surface area contributed by atoms with Crippen molar-refractivity contribution in [1.82, 2.24) is 20.9 Å². The van der Waals surface area contributed by atoms with Crippen LogP contribution in [0, 0.1) is 0 Å². The van der Waals surface area contributed by atoms with Crippen molar-refractivity contribution >= 4 is 6.03 Å². The van der Waals surface area contributed by atoms with Gasteiger partial charge in [-0.1, -0.05) is 30.7 Å². The Bertz CT molecular complexity index is 542. The van der Waals surface area contributed by atoms with Crippen molar-refractivity contribution in [3.8, 4) is 0 Å². The summed E-state index contributed by atoms with van der Waals surface area (Å²) in [5, 5.41) is 9.47. The summed E-state index contributed by atoms with van der Waals surface area (Å²) in [6.07, 6.45) is 7.21. The minimum Gasteiger partial charge on any atom is -0.338 e. The van der Waals surface area contributed by atoms with Crippen molar-refractivity contribution in [2.24, 2.45) is 0 Å². The van der Waals surface area contributed by atoms with Crippen LogP contribution in [0.3, 0.4) is 0 Å². The maximum atomic E-state index is 11.9. The van der Waals surface area contributed by atoms with Crippen LogP contribution in [0.5, 0.6) is 0 Å². The van der Waals surface area contributed by atoms with Gasteiger partial charge in [-0.05, 0) is 62.9 Å². The highest BCUT2D eigenvalue weighted by atomic mass is 16.2. The van der Waals surface area contributed by atoms with Gasteiger partial charge in [-0.2, -0.15) is 0 Å². The van der Waals surface area contributed by atoms with Gasteiger partial charge in [-0.3, -0.25) is 0 Å². The SMILES string of the molecule is O=C(NCCCCCN1CCCC1)NCC1Cc2ccccc2CN1. The van der Waals surface area contributed by atoms with E-state index < -0.39 is 0 Å². The van der Waals surface area contributed by atoms with Gasteiger partial charge in [-0.25, -0.2) is 4.79 Å². The zero-order valence-corrected chi connectivity index (χ0v) is 15.2. The normalized spacial score (nSPS) is 20.2. The smallest absolute Gasteiger partial charge is 0.314 e. The van der Waals surface area contributed by atoms with E-state index in [2.05, 4.69) is 45.1 Å². The standard InChI is InChI=1S/C20H32N4O/c25-20(21-10-4-1-5-11-24-12-6-7-13-24)23-16-19-14-17-8-2-3-9-18(17)15-22-19/h2-3,8-9,19,22H,1,4-7,10-16H2,(H2,21,23,25). The number of carbonyl (C=O) groups is 1. The average molecular weight is 345 g/mol. The first kappa shape index (κ1) is 18.2. The molecule has 2 heterocycles. The third kappa shape index (κ3) is 6.01. The first-order valence-corrected chi connectivity index (χ1v) is 9.85. The number of unbranched alkanes of at least 4 members (excludes halogenated alkanes) is 2. The summed E-state index contributed by atoms with van der Waals surface area (Å²) >= 11 is 0. The molecule has 138 valence electrons. The fourth-order valence-electron chi connectivity index (χ4n) is 3.79. The third-order valence-corrected chi connectivity index (χ3v) is 5.31. The van der Waals surface area contributed by atoms with Crippen molar-refractivity contribution in [2.45, 2.75) is 51.1 Å². The summed E-state index contributed by atoms with van der Waals surface area (Å²) in [7, 11) is 0. The molecule has 0 aromatic heterocycles. The van der Waals surface area contributed by atoms with Crippen LogP contribution in [0.4, 0.5) is 4.79 Å². The molecule has 5 nitrogen and oxygen atoms in total. The molecule has 0 radical (unpaired) electrons. The lowest BCUT2D eigenvalue weighted by Gasteiger charge is -2.26. The second-order valence-electron chi connectivity index (χ2n) is 7.30. The van der Waals surface area contributed by atoms with Crippen molar-refractivity contribution in [3.05, 3.63) is 35.4 Å². The fraction of sp³-hybridized carbons (Fsp3) is 0.650. The first-order chi connectivity index (χ1) is 12.3. The van der Waals surface area contributed by atoms with E-state index in [1.807, 2.05) is 0 Å². The van der Waals surface area contributed by atoms with Gasteiger partial charge in [0.2, 0.25) is 0 Å². The molecule has 1 aromatic rings. The highest BCUT2D eigenvalue weighted by molar-refractivity contribution is 5.73. The maximum Gasteiger partial charge on any atom is 0.314 e. The second kappa shape index (κ2) is 9.78. The van der Waals surface area contributed by atoms with Gasteiger partial charge in [-0.15, -0.1) is 0 Å². The number of fused-ring (bicyclic) bond motifs is 1. The molecule has 2 aliphatic rings. The van der Waals surface area contributed by atoms with Crippen LogP contribution >= 0.6 is 0 Å². The lowest BCUT2D eigenvalue weighted by atomic mass is 9.96. The number of benzene rings is 1. The summed E-state index contributed by atoms with van der Waals surface area (Å²) in [6, 6.07) is 8.80. The number of hydrogen-bond donors (Lipinski definition) is 3. The molecule has 0 saturated carbocycles. The minimum absolute atomic E-state index is 0.0415. The number of likely N-dealkylation sites (tertiary alicyclic amines) is 1. The second-order valence-corrected chi connectivity index (χ2v) is 7.30. The van der Waals surface area contributed by atoms with E-state index in [0.717, 1.165) is 25.9 Å². The molecular formula is C20H32N4O. The van der Waals surface area contributed by atoms with Crippen molar-refractivity contribution in [3.63, 3.8) is 0 Å². The predicted molar refractivity (Wildman–Crippen MR) is 102 cm³/mol. The van der Waals surface area contributed by atoms with Gasteiger partial charge >= 0.3 is 6.03 Å². The lowest BCUT2D eigenvalue weighted by molar-refractivity contribution is 0.239. The number of nitrogens with one attached hydrogen (secondary N) is 3. The molecule has 3 rings (SSSR count). The van der Waals surface area contributed by atoms with Crippen LogP contribution in [0.15, 0.2) is 24.3 Å². The highest BCUT2D eigenvalue weighted by Crippen LogP contribution is 2.15. The van der Waals surface area contributed by atoms with Crippen molar-refractivity contribution in [2.75, 3.05) is 32.7 Å². The largest absolute Gasteiger partial charge is 0.338 e. The molecule has 3 N–H and O–H groups in total. The van der Waals surface area contributed by atoms with E-state index >= 15 is 0 Å². The molecule has 1 fully saturated rings. The Hall–Kier alpha value is -1.59. The van der Waals surface area contributed by atoms with Crippen molar-refractivity contribution < 1.29 is 4.79 Å². The Kier molecular flexibility index (Phi) is 7.12. The Labute approximate surface area is 151 Å². The van der Waals surface area contributed by atoms with Gasteiger partial charge in [0.05, 0.1) is 0 Å². The van der Waals surface area contributed by atoms with Crippen LogP contribution in [-0.4, -0.2) is 49.7 Å². The molecule has 1 aromatic carbocycles. The molecule has 0 aliphatic carbocycles. The number of rotatable bonds is 8. The van der Waals surface area contributed by atoms with Crippen LogP contribution in [0.2, 0.25) is 0 Å². The molecule has 1 saturated heterocycles. The summed E-state index contributed by atoms with van der Waals surface area (Å²) in [5.41, 5.74) is 2.77. The zero-order chi connectivity index (χ0) is 17.3. The third-order valence-electron chi connectivity index (χ3n) is 5.31. The molecule has 0 spiro atoms. The topological polar surface area (TPSA) is 56.4 Å². The van der Waals surface area contributed by atoms with Gasteiger partial charge in [0, 0.05) is 25.7 Å². The molecular weight excluding hydrogens is 312 g/mol.